The summed E-state index contributed by atoms with van der Waals surface area (Å²) in [6.07, 6.45) is 18.1. The van der Waals surface area contributed by atoms with Gasteiger partial charge < -0.3 is 5.11 Å². The zero-order chi connectivity index (χ0) is 14.5. The molecule has 0 atom stereocenters. The first kappa shape index (κ1) is 17.7. The van der Waals surface area contributed by atoms with Gasteiger partial charge in [0.25, 0.3) is 0 Å². The molecule has 0 aliphatic carbocycles. The Balaban J connectivity index is 3.87. The van der Waals surface area contributed by atoms with Crippen LogP contribution in [-0.2, 0) is 0 Å². The van der Waals surface area contributed by atoms with E-state index in [0.29, 0.717) is 0 Å². The molecule has 1 heteroatoms. The minimum absolute atomic E-state index is 0.171. The molecule has 0 aliphatic heterocycles. The number of unbranched alkanes of at least 4 members (excludes halogenated alkanes) is 1. The fourth-order valence-corrected chi connectivity index (χ4v) is 1.76. The number of allylic oxidation sites excluding steroid dienone is 5. The second-order valence-electron chi connectivity index (χ2n) is 5.13. The van der Waals surface area contributed by atoms with Crippen LogP contribution < -0.4 is 0 Å². The van der Waals surface area contributed by atoms with Gasteiger partial charge in [-0.2, -0.15) is 0 Å². The summed E-state index contributed by atoms with van der Waals surface area (Å²) < 4.78 is 0. The highest BCUT2D eigenvalue weighted by Crippen LogP contribution is 2.12. The second kappa shape index (κ2) is 11.8. The van der Waals surface area contributed by atoms with Crippen molar-refractivity contribution in [2.75, 3.05) is 6.61 Å². The number of aliphatic hydroxyl groups excluding tert-OH is 1. The summed E-state index contributed by atoms with van der Waals surface area (Å²) >= 11 is 0. The Morgan fingerprint density at radius 2 is 1.37 bits per heavy atom. The third kappa shape index (κ3) is 11.6. The van der Waals surface area contributed by atoms with Gasteiger partial charge in [0.1, 0.15) is 0 Å². The van der Waals surface area contributed by atoms with E-state index < -0.39 is 0 Å². The zero-order valence-electron chi connectivity index (χ0n) is 12.7. The van der Waals surface area contributed by atoms with Gasteiger partial charge >= 0.3 is 0 Å². The smallest absolute Gasteiger partial charge is 0.0639 e. The fourth-order valence-electron chi connectivity index (χ4n) is 1.76. The standard InChI is InChI=1S/C18H28O/c1-5-6-7-10-16(2)11-8-12-17(3)13-9-14-18(4)15-19/h1,10,12,14,19H,6-9,11,13,15H2,2-4H3/b16-10+,17-12+,18-14+. The van der Waals surface area contributed by atoms with Crippen LogP contribution in [0, 0.1) is 12.3 Å². The summed E-state index contributed by atoms with van der Waals surface area (Å²) in [6.45, 7) is 6.49. The van der Waals surface area contributed by atoms with Gasteiger partial charge in [0.15, 0.2) is 0 Å². The van der Waals surface area contributed by atoms with Gasteiger partial charge in [-0.3, -0.25) is 0 Å². The van der Waals surface area contributed by atoms with Crippen LogP contribution in [0.1, 0.15) is 59.3 Å². The molecule has 0 aromatic heterocycles. The predicted octanol–water partition coefficient (Wildman–Crippen LogP) is 4.79. The van der Waals surface area contributed by atoms with Crippen molar-refractivity contribution in [3.63, 3.8) is 0 Å². The SMILES string of the molecule is C#CCC/C=C(\C)CC/C=C(\C)CC/C=C(\C)CO. The summed E-state index contributed by atoms with van der Waals surface area (Å²) in [5.41, 5.74) is 3.91. The first-order valence-electron chi connectivity index (χ1n) is 7.11. The van der Waals surface area contributed by atoms with Gasteiger partial charge in [-0.1, -0.05) is 34.9 Å². The average Bonchev–Trinajstić information content (AvgIpc) is 2.38. The maximum atomic E-state index is 8.89. The Labute approximate surface area is 119 Å². The zero-order valence-corrected chi connectivity index (χ0v) is 12.7. The van der Waals surface area contributed by atoms with Crippen LogP contribution in [0.5, 0.6) is 0 Å². The molecule has 0 unspecified atom stereocenters. The monoisotopic (exact) mass is 260 g/mol. The predicted molar refractivity (Wildman–Crippen MR) is 84.9 cm³/mol. The van der Waals surface area contributed by atoms with Gasteiger partial charge in [-0.05, 0) is 52.9 Å². The van der Waals surface area contributed by atoms with Crippen LogP contribution in [0.3, 0.4) is 0 Å². The maximum Gasteiger partial charge on any atom is 0.0639 e. The number of hydrogen-bond acceptors (Lipinski definition) is 1. The number of hydrogen-bond donors (Lipinski definition) is 1. The lowest BCUT2D eigenvalue weighted by atomic mass is 10.1. The first-order valence-corrected chi connectivity index (χ1v) is 7.11. The Hall–Kier alpha value is -1.26. The molecular weight excluding hydrogens is 232 g/mol. The molecule has 106 valence electrons. The molecule has 0 bridgehead atoms. The van der Waals surface area contributed by atoms with Gasteiger partial charge in [0.05, 0.1) is 6.61 Å². The van der Waals surface area contributed by atoms with Crippen molar-refractivity contribution < 1.29 is 5.11 Å². The molecule has 0 spiro atoms. The van der Waals surface area contributed by atoms with Crippen LogP contribution >= 0.6 is 0 Å². The molecule has 0 radical (unpaired) electrons. The molecular formula is C18H28O. The van der Waals surface area contributed by atoms with Gasteiger partial charge in [-0.25, -0.2) is 0 Å². The van der Waals surface area contributed by atoms with Gasteiger partial charge in [0.2, 0.25) is 0 Å². The van der Waals surface area contributed by atoms with Crippen molar-refractivity contribution in [3.8, 4) is 12.3 Å². The van der Waals surface area contributed by atoms with Crippen LogP contribution in [-0.4, -0.2) is 11.7 Å². The van der Waals surface area contributed by atoms with E-state index >= 15 is 0 Å². The molecule has 0 aliphatic rings. The normalized spacial score (nSPS) is 13.5. The van der Waals surface area contributed by atoms with Crippen LogP contribution in [0.2, 0.25) is 0 Å². The Morgan fingerprint density at radius 1 is 0.895 bits per heavy atom. The minimum atomic E-state index is 0.171. The molecule has 0 aromatic rings. The van der Waals surface area contributed by atoms with Crippen LogP contribution in [0.15, 0.2) is 34.9 Å². The Kier molecular flexibility index (Phi) is 11.0. The topological polar surface area (TPSA) is 20.2 Å². The number of terminal acetylenes is 1. The number of rotatable bonds is 9. The molecule has 0 rings (SSSR count). The molecule has 0 fully saturated rings. The van der Waals surface area contributed by atoms with E-state index in [4.69, 9.17) is 11.5 Å². The van der Waals surface area contributed by atoms with Crippen molar-refractivity contribution in [2.24, 2.45) is 0 Å². The molecule has 0 aromatic carbocycles. The van der Waals surface area contributed by atoms with E-state index in [0.717, 1.165) is 44.1 Å². The summed E-state index contributed by atoms with van der Waals surface area (Å²) in [4.78, 5) is 0. The van der Waals surface area contributed by atoms with Crippen LogP contribution in [0.4, 0.5) is 0 Å². The minimum Gasteiger partial charge on any atom is -0.392 e. The van der Waals surface area contributed by atoms with Gasteiger partial charge in [0, 0.05) is 6.42 Å². The second-order valence-corrected chi connectivity index (χ2v) is 5.13. The van der Waals surface area contributed by atoms with E-state index in [9.17, 15) is 0 Å². The third-order valence-corrected chi connectivity index (χ3v) is 3.09. The first-order chi connectivity index (χ1) is 9.10. The van der Waals surface area contributed by atoms with Crippen LogP contribution in [0.25, 0.3) is 0 Å². The highest BCUT2D eigenvalue weighted by atomic mass is 16.3. The molecule has 0 amide bonds. The lowest BCUT2D eigenvalue weighted by Gasteiger charge is -2.01. The number of aliphatic hydroxyl groups is 1. The molecule has 0 saturated heterocycles. The molecule has 1 nitrogen and oxygen atoms in total. The van der Waals surface area contributed by atoms with E-state index in [1.54, 1.807) is 0 Å². The highest BCUT2D eigenvalue weighted by Gasteiger charge is 1.92. The summed E-state index contributed by atoms with van der Waals surface area (Å²) in [5, 5.41) is 8.89. The maximum absolute atomic E-state index is 8.89. The summed E-state index contributed by atoms with van der Waals surface area (Å²) in [6, 6.07) is 0. The van der Waals surface area contributed by atoms with Crippen molar-refractivity contribution in [3.05, 3.63) is 34.9 Å². The van der Waals surface area contributed by atoms with E-state index in [-0.39, 0.29) is 6.61 Å². The van der Waals surface area contributed by atoms with Crippen molar-refractivity contribution in [2.45, 2.75) is 59.3 Å². The largest absolute Gasteiger partial charge is 0.392 e. The average molecular weight is 260 g/mol. The molecule has 0 heterocycles. The lowest BCUT2D eigenvalue weighted by molar-refractivity contribution is 0.331. The van der Waals surface area contributed by atoms with E-state index in [2.05, 4.69) is 38.0 Å². The summed E-state index contributed by atoms with van der Waals surface area (Å²) in [5.74, 6) is 2.65. The van der Waals surface area contributed by atoms with E-state index in [1.807, 2.05) is 6.92 Å². The van der Waals surface area contributed by atoms with Crippen molar-refractivity contribution in [1.82, 2.24) is 0 Å². The van der Waals surface area contributed by atoms with E-state index in [1.165, 1.54) is 11.1 Å². The third-order valence-electron chi connectivity index (χ3n) is 3.09. The fraction of sp³-hybridized carbons (Fsp3) is 0.556. The molecule has 1 N–H and O–H groups in total. The Bertz CT molecular complexity index is 364. The Morgan fingerprint density at radius 3 is 1.84 bits per heavy atom. The molecule has 0 saturated carbocycles. The quantitative estimate of drug-likeness (QED) is 0.359. The lowest BCUT2D eigenvalue weighted by Crippen LogP contribution is -1.84. The van der Waals surface area contributed by atoms with Gasteiger partial charge in [-0.15, -0.1) is 12.3 Å². The molecule has 19 heavy (non-hydrogen) atoms. The van der Waals surface area contributed by atoms with Crippen molar-refractivity contribution >= 4 is 0 Å². The van der Waals surface area contributed by atoms with Crippen molar-refractivity contribution in [1.29, 1.82) is 0 Å². The summed E-state index contributed by atoms with van der Waals surface area (Å²) in [7, 11) is 0. The highest BCUT2D eigenvalue weighted by molar-refractivity contribution is 5.06.